The molecule has 2 aliphatic carbocycles. The van der Waals surface area contributed by atoms with E-state index in [9.17, 15) is 9.59 Å². The van der Waals surface area contributed by atoms with Crippen LogP contribution in [0.25, 0.3) is 0 Å². The summed E-state index contributed by atoms with van der Waals surface area (Å²) in [5.41, 5.74) is 0.587. The van der Waals surface area contributed by atoms with Gasteiger partial charge < -0.3 is 14.5 Å². The van der Waals surface area contributed by atoms with Crippen LogP contribution in [0.4, 0.5) is 0 Å². The van der Waals surface area contributed by atoms with Crippen LogP contribution in [0.5, 0.6) is 5.75 Å². The minimum Gasteiger partial charge on any atom is -0.496 e. The Labute approximate surface area is 154 Å². The summed E-state index contributed by atoms with van der Waals surface area (Å²) in [5, 5.41) is 0. The third-order valence-electron chi connectivity index (χ3n) is 6.11. The standard InChI is InChI=1S/C21H26N2O3/c1-26-19-5-3-2-4-18(19)21(25)23-10-8-22(9-11-23)20(24)14-17-13-15-6-7-16(17)12-15/h2-7,15-17H,8-14H2,1H3/t15-,16+,17+/m1/s1. The number of para-hydroxylation sites is 1. The van der Waals surface area contributed by atoms with Crippen LogP contribution < -0.4 is 4.74 Å². The van der Waals surface area contributed by atoms with Crippen LogP contribution in [-0.4, -0.2) is 54.9 Å². The van der Waals surface area contributed by atoms with Crippen LogP contribution in [0, 0.1) is 17.8 Å². The molecule has 1 heterocycles. The van der Waals surface area contributed by atoms with Crippen LogP contribution in [-0.2, 0) is 4.79 Å². The molecule has 138 valence electrons. The molecule has 1 saturated carbocycles. The first kappa shape index (κ1) is 17.1. The molecule has 5 heteroatoms. The normalized spacial score (nSPS) is 27.0. The number of carbonyl (C=O) groups excluding carboxylic acids is 2. The number of hydrogen-bond acceptors (Lipinski definition) is 3. The van der Waals surface area contributed by atoms with E-state index in [0.29, 0.717) is 61.7 Å². The molecule has 2 amide bonds. The number of hydrogen-bond donors (Lipinski definition) is 0. The quantitative estimate of drug-likeness (QED) is 0.781. The van der Waals surface area contributed by atoms with E-state index >= 15 is 0 Å². The molecule has 5 nitrogen and oxygen atoms in total. The molecule has 1 aliphatic heterocycles. The van der Waals surface area contributed by atoms with Crippen molar-refractivity contribution in [1.82, 2.24) is 9.80 Å². The molecule has 1 aromatic carbocycles. The molecule has 2 bridgehead atoms. The van der Waals surface area contributed by atoms with Gasteiger partial charge in [0.15, 0.2) is 0 Å². The lowest BCUT2D eigenvalue weighted by molar-refractivity contribution is -0.133. The molecule has 3 aliphatic rings. The maximum Gasteiger partial charge on any atom is 0.257 e. The van der Waals surface area contributed by atoms with Gasteiger partial charge in [0.1, 0.15) is 5.75 Å². The largest absolute Gasteiger partial charge is 0.496 e. The molecule has 0 aromatic heterocycles. The molecule has 3 atom stereocenters. The highest BCUT2D eigenvalue weighted by atomic mass is 16.5. The van der Waals surface area contributed by atoms with E-state index in [1.807, 2.05) is 21.9 Å². The van der Waals surface area contributed by atoms with Crippen molar-refractivity contribution < 1.29 is 14.3 Å². The molecule has 0 spiro atoms. The predicted molar refractivity (Wildman–Crippen MR) is 98.9 cm³/mol. The number of nitrogens with zero attached hydrogens (tertiary/aromatic N) is 2. The van der Waals surface area contributed by atoms with E-state index in [4.69, 9.17) is 4.74 Å². The Bertz CT molecular complexity index is 722. The molecular formula is C21H26N2O3. The predicted octanol–water partition coefficient (Wildman–Crippen LogP) is 2.58. The fraction of sp³-hybridized carbons (Fsp3) is 0.524. The van der Waals surface area contributed by atoms with Gasteiger partial charge in [-0.15, -0.1) is 0 Å². The summed E-state index contributed by atoms with van der Waals surface area (Å²) in [6.45, 7) is 2.41. The molecule has 2 fully saturated rings. The van der Waals surface area contributed by atoms with Gasteiger partial charge in [0.05, 0.1) is 12.7 Å². The zero-order valence-corrected chi connectivity index (χ0v) is 15.3. The highest BCUT2D eigenvalue weighted by Gasteiger charge is 2.37. The summed E-state index contributed by atoms with van der Waals surface area (Å²) in [5.74, 6) is 2.66. The van der Waals surface area contributed by atoms with Gasteiger partial charge in [0, 0.05) is 32.6 Å². The van der Waals surface area contributed by atoms with Crippen LogP contribution >= 0.6 is 0 Å². The summed E-state index contributed by atoms with van der Waals surface area (Å²) >= 11 is 0. The van der Waals surface area contributed by atoms with Crippen molar-refractivity contribution in [1.29, 1.82) is 0 Å². The average Bonchev–Trinajstić information content (AvgIpc) is 3.30. The second-order valence-electron chi connectivity index (χ2n) is 7.62. The summed E-state index contributed by atoms with van der Waals surface area (Å²) < 4.78 is 5.30. The highest BCUT2D eigenvalue weighted by molar-refractivity contribution is 5.97. The van der Waals surface area contributed by atoms with E-state index in [2.05, 4.69) is 12.2 Å². The van der Waals surface area contributed by atoms with Crippen molar-refractivity contribution in [2.45, 2.75) is 19.3 Å². The van der Waals surface area contributed by atoms with Gasteiger partial charge in [-0.25, -0.2) is 0 Å². The molecule has 1 saturated heterocycles. The minimum atomic E-state index is -0.0206. The van der Waals surface area contributed by atoms with Gasteiger partial charge in [-0.3, -0.25) is 9.59 Å². The van der Waals surface area contributed by atoms with Crippen LogP contribution in [0.2, 0.25) is 0 Å². The smallest absolute Gasteiger partial charge is 0.257 e. The van der Waals surface area contributed by atoms with E-state index < -0.39 is 0 Å². The van der Waals surface area contributed by atoms with Gasteiger partial charge in [0.25, 0.3) is 5.91 Å². The zero-order chi connectivity index (χ0) is 18.1. The van der Waals surface area contributed by atoms with Crippen molar-refractivity contribution in [2.24, 2.45) is 17.8 Å². The van der Waals surface area contributed by atoms with Gasteiger partial charge in [-0.2, -0.15) is 0 Å². The Balaban J connectivity index is 1.31. The van der Waals surface area contributed by atoms with Crippen molar-refractivity contribution in [3.05, 3.63) is 42.0 Å². The maximum absolute atomic E-state index is 12.8. The lowest BCUT2D eigenvalue weighted by Crippen LogP contribution is -2.51. The Morgan fingerprint density at radius 2 is 1.77 bits per heavy atom. The molecular weight excluding hydrogens is 328 g/mol. The molecule has 0 unspecified atom stereocenters. The third-order valence-corrected chi connectivity index (χ3v) is 6.11. The second kappa shape index (κ2) is 7.14. The zero-order valence-electron chi connectivity index (χ0n) is 15.3. The first-order valence-corrected chi connectivity index (χ1v) is 9.54. The lowest BCUT2D eigenvalue weighted by atomic mass is 9.90. The monoisotopic (exact) mass is 354 g/mol. The van der Waals surface area contributed by atoms with Crippen molar-refractivity contribution >= 4 is 11.8 Å². The average molecular weight is 354 g/mol. The van der Waals surface area contributed by atoms with E-state index in [-0.39, 0.29) is 11.8 Å². The second-order valence-corrected chi connectivity index (χ2v) is 7.62. The van der Waals surface area contributed by atoms with E-state index in [0.717, 1.165) is 0 Å². The SMILES string of the molecule is COc1ccccc1C(=O)N1CCN(C(=O)C[C@@H]2C[C@@H]3C=C[C@H]2C3)CC1. The summed E-state index contributed by atoms with van der Waals surface area (Å²) in [4.78, 5) is 29.2. The number of fused-ring (bicyclic) bond motifs is 2. The van der Waals surface area contributed by atoms with Crippen LogP contribution in [0.15, 0.2) is 36.4 Å². The first-order chi connectivity index (χ1) is 12.7. The molecule has 1 aromatic rings. The first-order valence-electron chi connectivity index (χ1n) is 9.54. The highest BCUT2D eigenvalue weighted by Crippen LogP contribution is 2.45. The van der Waals surface area contributed by atoms with Gasteiger partial charge >= 0.3 is 0 Å². The number of piperazine rings is 1. The minimum absolute atomic E-state index is 0.0206. The van der Waals surface area contributed by atoms with Crippen LogP contribution in [0.1, 0.15) is 29.6 Å². The van der Waals surface area contributed by atoms with Crippen molar-refractivity contribution in [2.75, 3.05) is 33.3 Å². The number of allylic oxidation sites excluding steroid dienone is 2. The van der Waals surface area contributed by atoms with Gasteiger partial charge in [-0.1, -0.05) is 24.3 Å². The summed E-state index contributed by atoms with van der Waals surface area (Å²) in [6, 6.07) is 7.30. The number of benzene rings is 1. The molecule has 0 N–H and O–H groups in total. The summed E-state index contributed by atoms with van der Waals surface area (Å²) in [7, 11) is 1.58. The maximum atomic E-state index is 12.8. The number of methoxy groups -OCH3 is 1. The van der Waals surface area contributed by atoms with E-state index in [1.165, 1.54) is 12.8 Å². The fourth-order valence-corrected chi connectivity index (χ4v) is 4.63. The number of carbonyl (C=O) groups is 2. The Hall–Kier alpha value is -2.30. The molecule has 4 rings (SSSR count). The topological polar surface area (TPSA) is 49.9 Å². The Morgan fingerprint density at radius 3 is 2.42 bits per heavy atom. The molecule has 0 radical (unpaired) electrons. The molecule has 26 heavy (non-hydrogen) atoms. The number of amides is 2. The number of ether oxygens (including phenoxy) is 1. The van der Waals surface area contributed by atoms with Crippen LogP contribution in [0.3, 0.4) is 0 Å². The van der Waals surface area contributed by atoms with Crippen molar-refractivity contribution in [3.63, 3.8) is 0 Å². The third kappa shape index (κ3) is 3.22. The van der Waals surface area contributed by atoms with E-state index in [1.54, 1.807) is 19.2 Å². The fourth-order valence-electron chi connectivity index (χ4n) is 4.63. The number of rotatable bonds is 4. The Kier molecular flexibility index (Phi) is 4.70. The summed E-state index contributed by atoms with van der Waals surface area (Å²) in [6.07, 6.45) is 7.67. The van der Waals surface area contributed by atoms with Gasteiger partial charge in [0.2, 0.25) is 5.91 Å². The van der Waals surface area contributed by atoms with Gasteiger partial charge in [-0.05, 0) is 42.7 Å². The lowest BCUT2D eigenvalue weighted by Gasteiger charge is -2.35. The Morgan fingerprint density at radius 1 is 1.04 bits per heavy atom. The van der Waals surface area contributed by atoms with Crippen molar-refractivity contribution in [3.8, 4) is 5.75 Å².